The molecule has 43 heavy (non-hydrogen) atoms. The fourth-order valence-corrected chi connectivity index (χ4v) is 5.25. The van der Waals surface area contributed by atoms with Gasteiger partial charge in [-0.05, 0) is 51.2 Å². The van der Waals surface area contributed by atoms with Gasteiger partial charge in [0.25, 0.3) is 5.56 Å². The number of nitrogens with zero attached hydrogens (tertiary/aromatic N) is 2. The number of fused-ring (bicyclic) bond motifs is 1. The number of aromatic nitrogens is 2. The van der Waals surface area contributed by atoms with Gasteiger partial charge in [-0.25, -0.2) is 4.79 Å². The summed E-state index contributed by atoms with van der Waals surface area (Å²) in [6.07, 6.45) is -2.81. The number of alkyl carbamates (subject to hydrolysis) is 1. The molecule has 0 saturated heterocycles. The number of ether oxygens (including phenoxy) is 1. The number of carbonyl (C=O) groups is 1. The molecular weight excluding hydrogens is 565 g/mol. The molecule has 12 heteroatoms. The lowest BCUT2D eigenvalue weighted by atomic mass is 9.71. The zero-order valence-corrected chi connectivity index (χ0v) is 24.0. The Morgan fingerprint density at radius 2 is 1.74 bits per heavy atom. The average Bonchev–Trinajstić information content (AvgIpc) is 3.30. The van der Waals surface area contributed by atoms with E-state index in [4.69, 9.17) is 9.15 Å². The summed E-state index contributed by atoms with van der Waals surface area (Å²) in [6.45, 7) is 3.32. The molecule has 1 saturated carbocycles. The maximum absolute atomic E-state index is 13.7. The lowest BCUT2D eigenvalue weighted by Crippen LogP contribution is -2.52. The number of carbonyl (C=O) groups excluding carboxylic acids is 1. The maximum Gasteiger partial charge on any atom is 0.408 e. The first kappa shape index (κ1) is 30.1. The summed E-state index contributed by atoms with van der Waals surface area (Å²) >= 11 is 0. The molecule has 1 fully saturated rings. The van der Waals surface area contributed by atoms with Crippen LogP contribution in [-0.2, 0) is 16.8 Å². The van der Waals surface area contributed by atoms with Crippen molar-refractivity contribution in [1.82, 2.24) is 14.9 Å². The van der Waals surface area contributed by atoms with Gasteiger partial charge in [0.15, 0.2) is 0 Å². The van der Waals surface area contributed by atoms with Crippen LogP contribution in [0.2, 0.25) is 0 Å². The summed E-state index contributed by atoms with van der Waals surface area (Å²) in [5.41, 5.74) is 0.0234. The fraction of sp³-hybridized carbons (Fsp3) is 0.387. The summed E-state index contributed by atoms with van der Waals surface area (Å²) in [4.78, 5) is 30.5. The molecule has 0 bridgehead atoms. The highest BCUT2D eigenvalue weighted by Gasteiger charge is 2.41. The molecule has 4 aromatic rings. The van der Waals surface area contributed by atoms with E-state index in [2.05, 4.69) is 15.6 Å². The minimum absolute atomic E-state index is 0.0915. The van der Waals surface area contributed by atoms with Crippen molar-refractivity contribution in [2.24, 2.45) is 0 Å². The summed E-state index contributed by atoms with van der Waals surface area (Å²) < 4.78 is 52.7. The number of furan rings is 1. The molecule has 228 valence electrons. The van der Waals surface area contributed by atoms with Crippen molar-refractivity contribution in [3.8, 4) is 22.5 Å². The summed E-state index contributed by atoms with van der Waals surface area (Å²) in [5.74, 6) is -0.0998. The van der Waals surface area contributed by atoms with E-state index in [0.29, 0.717) is 21.3 Å². The average molecular weight is 599 g/mol. The smallest absolute Gasteiger partial charge is 0.408 e. The zero-order chi connectivity index (χ0) is 31.0. The molecule has 1 amide bonds. The molecule has 5 rings (SSSR count). The lowest BCUT2D eigenvalue weighted by molar-refractivity contribution is -0.140. The quantitative estimate of drug-likeness (QED) is 0.221. The maximum atomic E-state index is 13.7. The van der Waals surface area contributed by atoms with Gasteiger partial charge in [-0.3, -0.25) is 9.36 Å². The number of amides is 1. The highest BCUT2D eigenvalue weighted by Crippen LogP contribution is 2.44. The number of benzene rings is 2. The van der Waals surface area contributed by atoms with E-state index in [0.717, 1.165) is 24.8 Å². The number of aliphatic hydroxyl groups excluding tert-OH is 1. The monoisotopic (exact) mass is 598 g/mol. The van der Waals surface area contributed by atoms with Crippen LogP contribution in [0.5, 0.6) is 0 Å². The van der Waals surface area contributed by atoms with Crippen molar-refractivity contribution >= 4 is 23.1 Å². The Balaban J connectivity index is 1.62. The van der Waals surface area contributed by atoms with Gasteiger partial charge in [0, 0.05) is 17.7 Å². The van der Waals surface area contributed by atoms with E-state index in [1.807, 2.05) is 12.1 Å². The molecule has 2 aromatic carbocycles. The zero-order valence-electron chi connectivity index (χ0n) is 24.0. The first-order chi connectivity index (χ1) is 20.3. The van der Waals surface area contributed by atoms with Gasteiger partial charge >= 0.3 is 12.3 Å². The number of rotatable bonds is 8. The van der Waals surface area contributed by atoms with E-state index in [1.54, 1.807) is 63.2 Å². The number of aliphatic hydroxyl groups is 1. The third-order valence-corrected chi connectivity index (χ3v) is 7.25. The molecule has 3 N–H and O–H groups in total. The number of anilines is 1. The number of hydrogen-bond donors (Lipinski definition) is 3. The molecule has 0 aliphatic heterocycles. The summed E-state index contributed by atoms with van der Waals surface area (Å²) in [6, 6.07) is 16.1. The molecule has 9 nitrogen and oxygen atoms in total. The largest absolute Gasteiger partial charge is 0.444 e. The first-order valence-corrected chi connectivity index (χ1v) is 14.0. The minimum atomic E-state index is -4.70. The Hall–Kier alpha value is -4.32. The Morgan fingerprint density at radius 1 is 1.07 bits per heavy atom. The van der Waals surface area contributed by atoms with Gasteiger partial charge in [-0.2, -0.15) is 18.2 Å². The normalized spacial score (nSPS) is 14.8. The van der Waals surface area contributed by atoms with Crippen LogP contribution in [-0.4, -0.2) is 45.7 Å². The van der Waals surface area contributed by atoms with Gasteiger partial charge in [0.2, 0.25) is 11.7 Å². The second-order valence-corrected chi connectivity index (χ2v) is 11.6. The van der Waals surface area contributed by atoms with Crippen LogP contribution in [0.1, 0.15) is 45.6 Å². The van der Waals surface area contributed by atoms with Crippen molar-refractivity contribution in [2.45, 2.75) is 63.9 Å². The number of hydrogen-bond acceptors (Lipinski definition) is 7. The number of nitrogens with one attached hydrogen (secondary N) is 2. The third-order valence-electron chi connectivity index (χ3n) is 7.25. The predicted octanol–water partition coefficient (Wildman–Crippen LogP) is 6.19. The Morgan fingerprint density at radius 3 is 2.30 bits per heavy atom. The second-order valence-electron chi connectivity index (χ2n) is 11.6. The van der Waals surface area contributed by atoms with Gasteiger partial charge in [-0.15, -0.1) is 0 Å². The molecular formula is C31H33F3N4O5. The van der Waals surface area contributed by atoms with Crippen LogP contribution in [0.4, 0.5) is 23.9 Å². The number of alkyl halides is 3. The van der Waals surface area contributed by atoms with Crippen LogP contribution in [0.3, 0.4) is 0 Å². The lowest BCUT2D eigenvalue weighted by Gasteiger charge is -2.43. The van der Waals surface area contributed by atoms with Crippen LogP contribution in [0.25, 0.3) is 33.6 Å². The van der Waals surface area contributed by atoms with E-state index < -0.39 is 35.5 Å². The number of halogens is 3. The van der Waals surface area contributed by atoms with Gasteiger partial charge in [0.1, 0.15) is 23.3 Å². The van der Waals surface area contributed by atoms with Gasteiger partial charge in [-0.1, -0.05) is 54.6 Å². The molecule has 1 aliphatic rings. The van der Waals surface area contributed by atoms with E-state index >= 15 is 0 Å². The fourth-order valence-electron chi connectivity index (χ4n) is 5.25. The van der Waals surface area contributed by atoms with Gasteiger partial charge in [0.05, 0.1) is 12.1 Å². The molecule has 2 heterocycles. The van der Waals surface area contributed by atoms with Crippen LogP contribution in [0, 0.1) is 0 Å². The molecule has 0 spiro atoms. The minimum Gasteiger partial charge on any atom is -0.444 e. The van der Waals surface area contributed by atoms with E-state index in [-0.39, 0.29) is 36.0 Å². The molecule has 1 aliphatic carbocycles. The first-order valence-electron chi connectivity index (χ1n) is 14.0. The summed E-state index contributed by atoms with van der Waals surface area (Å²) in [7, 11) is 0. The molecule has 2 aromatic heterocycles. The van der Waals surface area contributed by atoms with Crippen LogP contribution < -0.4 is 16.2 Å². The highest BCUT2D eigenvalue weighted by molar-refractivity contribution is 6.00. The van der Waals surface area contributed by atoms with Crippen molar-refractivity contribution in [2.75, 3.05) is 18.5 Å². The van der Waals surface area contributed by atoms with Crippen molar-refractivity contribution < 1.29 is 32.2 Å². The molecule has 0 radical (unpaired) electrons. The molecule has 0 atom stereocenters. The van der Waals surface area contributed by atoms with E-state index in [9.17, 15) is 27.9 Å². The summed E-state index contributed by atoms with van der Waals surface area (Å²) in [5, 5.41) is 14.7. The Kier molecular flexibility index (Phi) is 7.99. The van der Waals surface area contributed by atoms with Gasteiger partial charge < -0.3 is 24.9 Å². The third kappa shape index (κ3) is 6.38. The van der Waals surface area contributed by atoms with Crippen LogP contribution >= 0.6 is 0 Å². The second kappa shape index (κ2) is 11.4. The standard InChI is InChI=1S/C31H33F3N4O5/c1-29(2,3)43-28(41)37-30(14-7-15-30)21-12-10-20(11-13-21)24-22(19-8-5-4-6-9-19)23-25(42-24)36-27(35-16-17-39)38(26(23)40)18-31(32,33)34/h4-6,8-13,39H,7,14-18H2,1-3H3,(H,35,36)(H,37,41). The van der Waals surface area contributed by atoms with Crippen molar-refractivity contribution in [3.63, 3.8) is 0 Å². The van der Waals surface area contributed by atoms with E-state index in [1.165, 1.54) is 0 Å². The Bertz CT molecular complexity index is 1670. The topological polar surface area (TPSA) is 119 Å². The highest BCUT2D eigenvalue weighted by atomic mass is 19.4. The van der Waals surface area contributed by atoms with Crippen molar-refractivity contribution in [1.29, 1.82) is 0 Å². The Labute approximate surface area is 245 Å². The van der Waals surface area contributed by atoms with Crippen LogP contribution in [0.15, 0.2) is 63.8 Å². The predicted molar refractivity (Wildman–Crippen MR) is 156 cm³/mol. The SMILES string of the molecule is CC(C)(C)OC(=O)NC1(c2ccc(-c3oc4nc(NCCO)n(CC(F)(F)F)c(=O)c4c3-c3ccccc3)cc2)CCC1. The van der Waals surface area contributed by atoms with Crippen molar-refractivity contribution in [3.05, 3.63) is 70.5 Å². The molecule has 0 unspecified atom stereocenters.